The summed E-state index contributed by atoms with van der Waals surface area (Å²) in [4.78, 5) is 14.2. The number of anilines is 2. The summed E-state index contributed by atoms with van der Waals surface area (Å²) in [5.41, 5.74) is 7.06. The largest absolute Gasteiger partial charge is 0.376 e. The van der Waals surface area contributed by atoms with Gasteiger partial charge in [-0.1, -0.05) is 26.0 Å². The normalized spacial score (nSPS) is 11.2. The molecule has 0 radical (unpaired) electrons. The van der Waals surface area contributed by atoms with Crippen molar-refractivity contribution in [2.75, 3.05) is 24.3 Å². The summed E-state index contributed by atoms with van der Waals surface area (Å²) in [5, 5.41) is 2.93. The number of nitrogens with zero attached hydrogens (tertiary/aromatic N) is 1. The van der Waals surface area contributed by atoms with E-state index in [1.807, 2.05) is 57.1 Å². The molecule has 0 unspecified atom stereocenters. The number of hydrogen-bond acceptors (Lipinski definition) is 3. The van der Waals surface area contributed by atoms with Gasteiger partial charge in [0.15, 0.2) is 0 Å². The van der Waals surface area contributed by atoms with E-state index < -0.39 is 5.54 Å². The third kappa shape index (κ3) is 3.01. The minimum atomic E-state index is -0.792. The van der Waals surface area contributed by atoms with Crippen molar-refractivity contribution in [1.82, 2.24) is 0 Å². The van der Waals surface area contributed by atoms with Gasteiger partial charge in [0.2, 0.25) is 5.91 Å². The molecule has 0 atom stereocenters. The topological polar surface area (TPSA) is 58.4 Å². The van der Waals surface area contributed by atoms with Crippen molar-refractivity contribution in [3.8, 4) is 0 Å². The van der Waals surface area contributed by atoms with Crippen LogP contribution in [0.2, 0.25) is 0 Å². The molecule has 3 N–H and O–H groups in total. The van der Waals surface area contributed by atoms with Crippen molar-refractivity contribution >= 4 is 17.3 Å². The molecular formula is C14H23N3O. The van der Waals surface area contributed by atoms with Crippen LogP contribution in [0.5, 0.6) is 0 Å². The van der Waals surface area contributed by atoms with Crippen molar-refractivity contribution < 1.29 is 4.79 Å². The van der Waals surface area contributed by atoms with Gasteiger partial charge in [0.25, 0.3) is 0 Å². The third-order valence-corrected chi connectivity index (χ3v) is 3.35. The molecule has 0 aliphatic heterocycles. The van der Waals surface area contributed by atoms with E-state index in [0.29, 0.717) is 12.8 Å². The molecule has 1 aromatic rings. The van der Waals surface area contributed by atoms with E-state index in [2.05, 4.69) is 5.32 Å². The number of hydrogen-bond donors (Lipinski definition) is 2. The van der Waals surface area contributed by atoms with Crippen LogP contribution < -0.4 is 16.0 Å². The van der Waals surface area contributed by atoms with Gasteiger partial charge < -0.3 is 16.0 Å². The zero-order chi connectivity index (χ0) is 13.8. The summed E-state index contributed by atoms with van der Waals surface area (Å²) in [7, 11) is 3.89. The number of amides is 1. The van der Waals surface area contributed by atoms with Gasteiger partial charge in [0.05, 0.1) is 16.9 Å². The highest BCUT2D eigenvalue weighted by molar-refractivity contribution is 6.00. The van der Waals surface area contributed by atoms with Crippen molar-refractivity contribution in [2.24, 2.45) is 5.73 Å². The average Bonchev–Trinajstić information content (AvgIpc) is 2.38. The van der Waals surface area contributed by atoms with Gasteiger partial charge in [-0.15, -0.1) is 0 Å². The summed E-state index contributed by atoms with van der Waals surface area (Å²) in [6.07, 6.45) is 1.25. The lowest BCUT2D eigenvalue weighted by Gasteiger charge is -2.26. The summed E-state index contributed by atoms with van der Waals surface area (Å²) in [6.45, 7) is 3.86. The van der Waals surface area contributed by atoms with E-state index in [-0.39, 0.29) is 5.91 Å². The van der Waals surface area contributed by atoms with E-state index in [1.165, 1.54) is 0 Å². The molecule has 18 heavy (non-hydrogen) atoms. The van der Waals surface area contributed by atoms with Crippen LogP contribution in [-0.2, 0) is 4.79 Å². The Balaban J connectivity index is 2.95. The molecule has 0 aromatic heterocycles. The number of benzene rings is 1. The molecule has 4 nitrogen and oxygen atoms in total. The Labute approximate surface area is 109 Å². The molecule has 1 amide bonds. The standard InChI is InChI=1S/C14H23N3O/c1-5-14(15,6-2)13(18)16-11-9-7-8-10-12(11)17(3)4/h7-10H,5-6,15H2,1-4H3,(H,16,18). The number of carbonyl (C=O) groups excluding carboxylic acids is 1. The molecule has 4 heteroatoms. The summed E-state index contributed by atoms with van der Waals surface area (Å²) >= 11 is 0. The van der Waals surface area contributed by atoms with Crippen molar-refractivity contribution in [1.29, 1.82) is 0 Å². The molecule has 1 rings (SSSR count). The summed E-state index contributed by atoms with van der Waals surface area (Å²) in [6, 6.07) is 7.70. The molecule has 1 aromatic carbocycles. The molecular weight excluding hydrogens is 226 g/mol. The molecule has 0 fully saturated rings. The Morgan fingerprint density at radius 1 is 1.28 bits per heavy atom. The molecule has 0 aliphatic rings. The van der Waals surface area contributed by atoms with Crippen LogP contribution in [0.1, 0.15) is 26.7 Å². The first kappa shape index (κ1) is 14.5. The minimum absolute atomic E-state index is 0.123. The number of carbonyl (C=O) groups is 1. The van der Waals surface area contributed by atoms with Crippen LogP contribution in [0.25, 0.3) is 0 Å². The molecule has 0 saturated heterocycles. The first-order chi connectivity index (χ1) is 8.44. The van der Waals surface area contributed by atoms with E-state index in [9.17, 15) is 4.79 Å². The maximum atomic E-state index is 12.2. The maximum absolute atomic E-state index is 12.2. The lowest BCUT2D eigenvalue weighted by Crippen LogP contribution is -2.50. The molecule has 0 saturated carbocycles. The van der Waals surface area contributed by atoms with Crippen LogP contribution in [0.4, 0.5) is 11.4 Å². The van der Waals surface area contributed by atoms with Crippen molar-refractivity contribution in [3.05, 3.63) is 24.3 Å². The molecule has 100 valence electrons. The van der Waals surface area contributed by atoms with Gasteiger partial charge in [-0.3, -0.25) is 4.79 Å². The summed E-state index contributed by atoms with van der Waals surface area (Å²) in [5.74, 6) is -0.123. The Hall–Kier alpha value is -1.55. The second-order valence-electron chi connectivity index (χ2n) is 4.73. The second-order valence-corrected chi connectivity index (χ2v) is 4.73. The molecule has 0 spiro atoms. The average molecular weight is 249 g/mol. The number of nitrogens with two attached hydrogens (primary N) is 1. The van der Waals surface area contributed by atoms with E-state index in [1.54, 1.807) is 0 Å². The fourth-order valence-electron chi connectivity index (χ4n) is 1.79. The quantitative estimate of drug-likeness (QED) is 0.841. The maximum Gasteiger partial charge on any atom is 0.244 e. The summed E-state index contributed by atoms with van der Waals surface area (Å²) < 4.78 is 0. The fourth-order valence-corrected chi connectivity index (χ4v) is 1.79. The third-order valence-electron chi connectivity index (χ3n) is 3.35. The van der Waals surface area contributed by atoms with Crippen LogP contribution >= 0.6 is 0 Å². The van der Waals surface area contributed by atoms with Crippen LogP contribution in [0, 0.1) is 0 Å². The lowest BCUT2D eigenvalue weighted by atomic mass is 9.93. The highest BCUT2D eigenvalue weighted by atomic mass is 16.2. The van der Waals surface area contributed by atoms with Crippen LogP contribution in [-0.4, -0.2) is 25.5 Å². The predicted octanol–water partition coefficient (Wildman–Crippen LogP) is 2.21. The number of rotatable bonds is 5. The minimum Gasteiger partial charge on any atom is -0.376 e. The molecule has 0 aliphatic carbocycles. The van der Waals surface area contributed by atoms with Crippen molar-refractivity contribution in [3.63, 3.8) is 0 Å². The Kier molecular flexibility index (Phi) is 4.73. The van der Waals surface area contributed by atoms with Crippen molar-refractivity contribution in [2.45, 2.75) is 32.2 Å². The van der Waals surface area contributed by atoms with Crippen LogP contribution in [0.15, 0.2) is 24.3 Å². The highest BCUT2D eigenvalue weighted by Crippen LogP contribution is 2.25. The number of para-hydroxylation sites is 2. The highest BCUT2D eigenvalue weighted by Gasteiger charge is 2.30. The van der Waals surface area contributed by atoms with Gasteiger partial charge in [-0.05, 0) is 25.0 Å². The lowest BCUT2D eigenvalue weighted by molar-refractivity contribution is -0.121. The van der Waals surface area contributed by atoms with Gasteiger partial charge >= 0.3 is 0 Å². The zero-order valence-electron chi connectivity index (χ0n) is 11.7. The fraction of sp³-hybridized carbons (Fsp3) is 0.500. The van der Waals surface area contributed by atoms with E-state index in [0.717, 1.165) is 11.4 Å². The van der Waals surface area contributed by atoms with E-state index in [4.69, 9.17) is 5.73 Å². The van der Waals surface area contributed by atoms with Crippen LogP contribution in [0.3, 0.4) is 0 Å². The molecule has 0 heterocycles. The van der Waals surface area contributed by atoms with Gasteiger partial charge in [-0.2, -0.15) is 0 Å². The SMILES string of the molecule is CCC(N)(CC)C(=O)Nc1ccccc1N(C)C. The second kappa shape index (κ2) is 5.87. The Bertz CT molecular complexity index is 411. The smallest absolute Gasteiger partial charge is 0.244 e. The van der Waals surface area contributed by atoms with Gasteiger partial charge in [-0.25, -0.2) is 0 Å². The van der Waals surface area contributed by atoms with E-state index >= 15 is 0 Å². The zero-order valence-corrected chi connectivity index (χ0v) is 11.7. The first-order valence-corrected chi connectivity index (χ1v) is 6.31. The van der Waals surface area contributed by atoms with Gasteiger partial charge in [0, 0.05) is 14.1 Å². The monoisotopic (exact) mass is 249 g/mol. The predicted molar refractivity (Wildman–Crippen MR) is 76.9 cm³/mol. The number of nitrogens with one attached hydrogen (secondary N) is 1. The Morgan fingerprint density at radius 3 is 2.33 bits per heavy atom. The first-order valence-electron chi connectivity index (χ1n) is 6.31. The molecule has 0 bridgehead atoms. The van der Waals surface area contributed by atoms with Gasteiger partial charge in [0.1, 0.15) is 0 Å². The Morgan fingerprint density at radius 2 is 1.83 bits per heavy atom.